The summed E-state index contributed by atoms with van der Waals surface area (Å²) in [5, 5.41) is 11.3. The molecule has 0 saturated carbocycles. The maximum atomic E-state index is 11.7. The number of carbonyl (C=O) groups is 3. The zero-order valence-electron chi connectivity index (χ0n) is 12.1. The van der Waals surface area contributed by atoms with Crippen LogP contribution >= 0.6 is 0 Å². The number of carbonyl (C=O) groups excluding carboxylic acids is 2. The predicted octanol–water partition coefficient (Wildman–Crippen LogP) is 1.06. The van der Waals surface area contributed by atoms with E-state index in [1.54, 1.807) is 0 Å². The van der Waals surface area contributed by atoms with Crippen LogP contribution in [0, 0.1) is 6.92 Å². The summed E-state index contributed by atoms with van der Waals surface area (Å²) in [6, 6.07) is 6.48. The third kappa shape index (κ3) is 6.07. The summed E-state index contributed by atoms with van der Waals surface area (Å²) in [6.07, 6.45) is 0.285. The van der Waals surface area contributed by atoms with Crippen LogP contribution in [0.3, 0.4) is 0 Å². The first kappa shape index (κ1) is 16.7. The van der Waals surface area contributed by atoms with E-state index in [9.17, 15) is 14.4 Å². The molecular weight excluding hydrogens is 274 g/mol. The number of carboxylic acids is 1. The first-order valence-corrected chi connectivity index (χ1v) is 6.57. The van der Waals surface area contributed by atoms with Crippen LogP contribution in [0.5, 0.6) is 0 Å². The summed E-state index contributed by atoms with van der Waals surface area (Å²) in [6.45, 7) is 1.97. The fraction of sp³-hybridized carbons (Fsp3) is 0.400. The molecule has 0 aliphatic carbocycles. The van der Waals surface area contributed by atoms with Crippen molar-refractivity contribution in [2.75, 3.05) is 7.11 Å². The quantitative estimate of drug-likeness (QED) is 0.733. The molecule has 0 saturated heterocycles. The zero-order valence-corrected chi connectivity index (χ0v) is 12.1. The molecule has 0 aliphatic rings. The second-order valence-corrected chi connectivity index (χ2v) is 4.72. The average Bonchev–Trinajstić information content (AvgIpc) is 2.45. The van der Waals surface area contributed by atoms with Gasteiger partial charge in [0, 0.05) is 6.42 Å². The first-order chi connectivity index (χ1) is 9.92. The molecular formula is C15H19NO5. The average molecular weight is 293 g/mol. The Morgan fingerprint density at radius 2 is 1.86 bits per heavy atom. The van der Waals surface area contributed by atoms with Gasteiger partial charge in [0.1, 0.15) is 6.04 Å². The van der Waals surface area contributed by atoms with E-state index in [-0.39, 0.29) is 12.8 Å². The molecule has 0 bridgehead atoms. The van der Waals surface area contributed by atoms with Crippen molar-refractivity contribution in [3.63, 3.8) is 0 Å². The van der Waals surface area contributed by atoms with Crippen molar-refractivity contribution < 1.29 is 24.2 Å². The molecule has 0 heterocycles. The SMILES string of the molecule is COC(=O)C[C@H](NC(=O)CCc1ccc(C)cc1)C(=O)O. The van der Waals surface area contributed by atoms with Gasteiger partial charge in [-0.3, -0.25) is 9.59 Å². The van der Waals surface area contributed by atoms with Crippen LogP contribution in [0.25, 0.3) is 0 Å². The Bertz CT molecular complexity index is 509. The molecule has 6 nitrogen and oxygen atoms in total. The zero-order chi connectivity index (χ0) is 15.8. The standard InChI is InChI=1S/C15H19NO5/c1-10-3-5-11(6-4-10)7-8-13(17)16-12(15(19)20)9-14(18)21-2/h3-6,12H,7-9H2,1-2H3,(H,16,17)(H,19,20)/t12-/m0/s1. The Hall–Kier alpha value is -2.37. The summed E-state index contributed by atoms with van der Waals surface area (Å²) in [4.78, 5) is 33.8. The summed E-state index contributed by atoms with van der Waals surface area (Å²) in [5.41, 5.74) is 2.13. The van der Waals surface area contributed by atoms with Crippen molar-refractivity contribution in [3.05, 3.63) is 35.4 Å². The first-order valence-electron chi connectivity index (χ1n) is 6.57. The number of hydrogen-bond donors (Lipinski definition) is 2. The molecule has 6 heteroatoms. The predicted molar refractivity (Wildman–Crippen MR) is 75.7 cm³/mol. The molecule has 1 atom stereocenters. The van der Waals surface area contributed by atoms with Crippen molar-refractivity contribution in [2.24, 2.45) is 0 Å². The normalized spacial score (nSPS) is 11.5. The van der Waals surface area contributed by atoms with Gasteiger partial charge in [-0.15, -0.1) is 0 Å². The van der Waals surface area contributed by atoms with Crippen molar-refractivity contribution in [2.45, 2.75) is 32.2 Å². The van der Waals surface area contributed by atoms with E-state index >= 15 is 0 Å². The minimum absolute atomic E-state index is 0.161. The Morgan fingerprint density at radius 3 is 2.38 bits per heavy atom. The van der Waals surface area contributed by atoms with Gasteiger partial charge in [0.15, 0.2) is 0 Å². The smallest absolute Gasteiger partial charge is 0.326 e. The van der Waals surface area contributed by atoms with E-state index in [4.69, 9.17) is 5.11 Å². The van der Waals surface area contributed by atoms with Crippen LogP contribution < -0.4 is 5.32 Å². The molecule has 0 aromatic heterocycles. The largest absolute Gasteiger partial charge is 0.480 e. The molecule has 1 amide bonds. The molecule has 1 aromatic carbocycles. The van der Waals surface area contributed by atoms with Gasteiger partial charge in [-0.25, -0.2) is 4.79 Å². The highest BCUT2D eigenvalue weighted by molar-refractivity contribution is 5.87. The van der Waals surface area contributed by atoms with Gasteiger partial charge < -0.3 is 15.2 Å². The van der Waals surface area contributed by atoms with E-state index in [1.165, 1.54) is 7.11 Å². The number of methoxy groups -OCH3 is 1. The third-order valence-electron chi connectivity index (χ3n) is 2.99. The number of aryl methyl sites for hydroxylation is 2. The minimum atomic E-state index is -1.26. The fourth-order valence-corrected chi connectivity index (χ4v) is 1.73. The van der Waals surface area contributed by atoms with Gasteiger partial charge in [0.2, 0.25) is 5.91 Å². The molecule has 0 aliphatic heterocycles. The van der Waals surface area contributed by atoms with Gasteiger partial charge in [0.05, 0.1) is 13.5 Å². The van der Waals surface area contributed by atoms with E-state index in [0.717, 1.165) is 11.1 Å². The van der Waals surface area contributed by atoms with E-state index < -0.39 is 23.9 Å². The second-order valence-electron chi connectivity index (χ2n) is 4.72. The molecule has 0 spiro atoms. The molecule has 1 aromatic rings. The van der Waals surface area contributed by atoms with Crippen LogP contribution in [0.2, 0.25) is 0 Å². The maximum Gasteiger partial charge on any atom is 0.326 e. The number of ether oxygens (including phenoxy) is 1. The Kier molecular flexibility index (Phi) is 6.39. The highest BCUT2D eigenvalue weighted by Crippen LogP contribution is 2.06. The number of aliphatic carboxylic acids is 1. The van der Waals surface area contributed by atoms with Crippen LogP contribution in [0.1, 0.15) is 24.0 Å². The fourth-order valence-electron chi connectivity index (χ4n) is 1.73. The summed E-state index contributed by atoms with van der Waals surface area (Å²) < 4.78 is 4.40. The topological polar surface area (TPSA) is 92.7 Å². The van der Waals surface area contributed by atoms with Crippen molar-refractivity contribution in [1.29, 1.82) is 0 Å². The van der Waals surface area contributed by atoms with Crippen LogP contribution in [-0.4, -0.2) is 36.1 Å². The summed E-state index contributed by atoms with van der Waals surface area (Å²) in [5.74, 6) is -2.35. The number of esters is 1. The van der Waals surface area contributed by atoms with E-state index in [1.807, 2.05) is 31.2 Å². The minimum Gasteiger partial charge on any atom is -0.480 e. The van der Waals surface area contributed by atoms with Crippen molar-refractivity contribution in [1.82, 2.24) is 5.32 Å². The van der Waals surface area contributed by atoms with Crippen LogP contribution in [0.4, 0.5) is 0 Å². The summed E-state index contributed by atoms with van der Waals surface area (Å²) in [7, 11) is 1.17. The van der Waals surface area contributed by atoms with E-state index in [0.29, 0.717) is 6.42 Å². The Balaban J connectivity index is 2.48. The van der Waals surface area contributed by atoms with Gasteiger partial charge in [-0.1, -0.05) is 29.8 Å². The van der Waals surface area contributed by atoms with Crippen LogP contribution in [-0.2, 0) is 25.5 Å². The lowest BCUT2D eigenvalue weighted by molar-refractivity contribution is -0.148. The highest BCUT2D eigenvalue weighted by Gasteiger charge is 2.23. The number of benzene rings is 1. The number of amides is 1. The Labute approximate surface area is 123 Å². The van der Waals surface area contributed by atoms with Crippen LogP contribution in [0.15, 0.2) is 24.3 Å². The van der Waals surface area contributed by atoms with Gasteiger partial charge in [-0.05, 0) is 18.9 Å². The Morgan fingerprint density at radius 1 is 1.24 bits per heavy atom. The monoisotopic (exact) mass is 293 g/mol. The molecule has 21 heavy (non-hydrogen) atoms. The lowest BCUT2D eigenvalue weighted by Crippen LogP contribution is -2.42. The molecule has 1 rings (SSSR count). The molecule has 0 fully saturated rings. The van der Waals surface area contributed by atoms with Crippen molar-refractivity contribution >= 4 is 17.8 Å². The number of rotatable bonds is 7. The number of carboxylic acid groups (broad SMARTS) is 1. The highest BCUT2D eigenvalue weighted by atomic mass is 16.5. The molecule has 114 valence electrons. The molecule has 0 radical (unpaired) electrons. The number of nitrogens with one attached hydrogen (secondary N) is 1. The van der Waals surface area contributed by atoms with E-state index in [2.05, 4.69) is 10.1 Å². The maximum absolute atomic E-state index is 11.7. The van der Waals surface area contributed by atoms with Crippen molar-refractivity contribution in [3.8, 4) is 0 Å². The molecule has 0 unspecified atom stereocenters. The lowest BCUT2D eigenvalue weighted by atomic mass is 10.1. The number of hydrogen-bond acceptors (Lipinski definition) is 4. The summed E-state index contributed by atoms with van der Waals surface area (Å²) >= 11 is 0. The van der Waals surface area contributed by atoms with Gasteiger partial charge in [-0.2, -0.15) is 0 Å². The lowest BCUT2D eigenvalue weighted by Gasteiger charge is -2.13. The second kappa shape index (κ2) is 8.04. The third-order valence-corrected chi connectivity index (χ3v) is 2.99. The van der Waals surface area contributed by atoms with Gasteiger partial charge >= 0.3 is 11.9 Å². The molecule has 2 N–H and O–H groups in total. The van der Waals surface area contributed by atoms with Gasteiger partial charge in [0.25, 0.3) is 0 Å².